The third kappa shape index (κ3) is 3.65. The van der Waals surface area contributed by atoms with Crippen LogP contribution in [0.4, 0.5) is 0 Å². The van der Waals surface area contributed by atoms with E-state index in [1.807, 2.05) is 11.9 Å². The Balaban J connectivity index is 1.47. The number of piperidine rings is 2. The van der Waals surface area contributed by atoms with Crippen molar-refractivity contribution < 1.29 is 4.79 Å². The van der Waals surface area contributed by atoms with Crippen LogP contribution in [0.2, 0.25) is 0 Å². The maximum Gasteiger partial charge on any atom is 0.222 e. The number of amides is 1. The normalized spacial score (nSPS) is 25.3. The summed E-state index contributed by atoms with van der Waals surface area (Å²) in [5.74, 6) is 1.72. The Labute approximate surface area is 127 Å². The van der Waals surface area contributed by atoms with E-state index >= 15 is 0 Å². The van der Waals surface area contributed by atoms with E-state index in [9.17, 15) is 4.79 Å². The third-order valence-corrected chi connectivity index (χ3v) is 5.10. The summed E-state index contributed by atoms with van der Waals surface area (Å²) in [7, 11) is 1.94. The molecule has 2 aliphatic rings. The van der Waals surface area contributed by atoms with Gasteiger partial charge in [0.1, 0.15) is 0 Å². The van der Waals surface area contributed by atoms with Gasteiger partial charge in [-0.2, -0.15) is 0 Å². The Kier molecular flexibility index (Phi) is 4.59. The number of rotatable bonds is 3. The first-order valence-corrected chi connectivity index (χ1v) is 8.23. The van der Waals surface area contributed by atoms with Gasteiger partial charge in [-0.1, -0.05) is 30.3 Å². The summed E-state index contributed by atoms with van der Waals surface area (Å²) in [6, 6.07) is 10.9. The van der Waals surface area contributed by atoms with Crippen molar-refractivity contribution in [2.24, 2.45) is 5.92 Å². The summed E-state index contributed by atoms with van der Waals surface area (Å²) in [4.78, 5) is 16.1. The van der Waals surface area contributed by atoms with E-state index in [1.54, 1.807) is 0 Å². The molecular formula is C18H26N2O. The molecule has 3 nitrogen and oxygen atoms in total. The van der Waals surface area contributed by atoms with Gasteiger partial charge in [-0.3, -0.25) is 4.79 Å². The van der Waals surface area contributed by atoms with E-state index in [4.69, 9.17) is 0 Å². The minimum Gasteiger partial charge on any atom is -0.345 e. The number of hydrogen-bond acceptors (Lipinski definition) is 2. The molecule has 0 bridgehead atoms. The molecule has 114 valence electrons. The lowest BCUT2D eigenvalue weighted by molar-refractivity contribution is -0.133. The quantitative estimate of drug-likeness (QED) is 0.853. The fourth-order valence-corrected chi connectivity index (χ4v) is 3.79. The van der Waals surface area contributed by atoms with Gasteiger partial charge in [-0.15, -0.1) is 0 Å². The van der Waals surface area contributed by atoms with Gasteiger partial charge in [-0.05, 0) is 49.8 Å². The molecule has 1 aromatic rings. The van der Waals surface area contributed by atoms with Crippen LogP contribution in [0.15, 0.2) is 30.3 Å². The summed E-state index contributed by atoms with van der Waals surface area (Å²) in [5.41, 5.74) is 1.50. The molecule has 21 heavy (non-hydrogen) atoms. The van der Waals surface area contributed by atoms with Crippen LogP contribution in [0.25, 0.3) is 0 Å². The molecule has 3 heteroatoms. The largest absolute Gasteiger partial charge is 0.345 e. The van der Waals surface area contributed by atoms with Crippen molar-refractivity contribution in [3.05, 3.63) is 35.9 Å². The Hall–Kier alpha value is -1.35. The average molecular weight is 286 g/mol. The van der Waals surface area contributed by atoms with Crippen LogP contribution >= 0.6 is 0 Å². The summed E-state index contributed by atoms with van der Waals surface area (Å²) in [6.07, 6.45) is 4.35. The summed E-state index contributed by atoms with van der Waals surface area (Å²) < 4.78 is 0. The van der Waals surface area contributed by atoms with E-state index in [1.165, 1.54) is 38.0 Å². The Bertz CT molecular complexity index is 465. The number of likely N-dealkylation sites (tertiary alicyclic amines) is 2. The molecule has 0 radical (unpaired) electrons. The molecular weight excluding hydrogens is 260 g/mol. The van der Waals surface area contributed by atoms with Crippen LogP contribution in [0.1, 0.15) is 37.2 Å². The highest BCUT2D eigenvalue weighted by Crippen LogP contribution is 2.28. The van der Waals surface area contributed by atoms with Gasteiger partial charge in [0.25, 0.3) is 0 Å². The van der Waals surface area contributed by atoms with Crippen LogP contribution in [0.3, 0.4) is 0 Å². The Morgan fingerprint density at radius 3 is 2.48 bits per heavy atom. The van der Waals surface area contributed by atoms with Crippen LogP contribution in [0.5, 0.6) is 0 Å². The van der Waals surface area contributed by atoms with Gasteiger partial charge in [0, 0.05) is 26.6 Å². The van der Waals surface area contributed by atoms with Crippen LogP contribution < -0.4 is 0 Å². The predicted molar refractivity (Wildman–Crippen MR) is 85.2 cm³/mol. The molecule has 0 spiro atoms. The predicted octanol–water partition coefficient (Wildman–Crippen LogP) is 2.73. The van der Waals surface area contributed by atoms with Crippen molar-refractivity contribution in [2.45, 2.75) is 31.6 Å². The van der Waals surface area contributed by atoms with E-state index in [2.05, 4.69) is 35.2 Å². The molecule has 2 saturated heterocycles. The molecule has 0 N–H and O–H groups in total. The van der Waals surface area contributed by atoms with Crippen LogP contribution in [0, 0.1) is 5.92 Å². The van der Waals surface area contributed by atoms with Crippen LogP contribution in [-0.2, 0) is 4.79 Å². The van der Waals surface area contributed by atoms with Gasteiger partial charge in [0.05, 0.1) is 0 Å². The number of nitrogens with zero attached hydrogens (tertiary/aromatic N) is 2. The lowest BCUT2D eigenvalue weighted by Crippen LogP contribution is -2.43. The molecule has 2 heterocycles. The first kappa shape index (κ1) is 14.6. The molecule has 2 aliphatic heterocycles. The highest BCUT2D eigenvalue weighted by atomic mass is 16.2. The minimum atomic E-state index is 0.314. The number of benzene rings is 1. The van der Waals surface area contributed by atoms with E-state index in [0.29, 0.717) is 11.8 Å². The summed E-state index contributed by atoms with van der Waals surface area (Å²) in [6.45, 7) is 4.51. The van der Waals surface area contributed by atoms with Crippen molar-refractivity contribution in [1.29, 1.82) is 0 Å². The molecule has 1 amide bonds. The molecule has 3 rings (SSSR count). The second kappa shape index (κ2) is 6.61. The second-order valence-electron chi connectivity index (χ2n) is 6.66. The van der Waals surface area contributed by atoms with Crippen LogP contribution in [-0.4, -0.2) is 48.9 Å². The third-order valence-electron chi connectivity index (χ3n) is 5.10. The fourth-order valence-electron chi connectivity index (χ4n) is 3.79. The smallest absolute Gasteiger partial charge is 0.222 e. The molecule has 0 aliphatic carbocycles. The van der Waals surface area contributed by atoms with E-state index in [-0.39, 0.29) is 0 Å². The maximum absolute atomic E-state index is 11.5. The topological polar surface area (TPSA) is 23.6 Å². The fraction of sp³-hybridized carbons (Fsp3) is 0.611. The van der Waals surface area contributed by atoms with Gasteiger partial charge < -0.3 is 9.80 Å². The van der Waals surface area contributed by atoms with Crippen molar-refractivity contribution in [3.63, 3.8) is 0 Å². The van der Waals surface area contributed by atoms with Crippen molar-refractivity contribution in [1.82, 2.24) is 9.80 Å². The van der Waals surface area contributed by atoms with E-state index in [0.717, 1.165) is 25.3 Å². The van der Waals surface area contributed by atoms with Gasteiger partial charge in [-0.25, -0.2) is 0 Å². The highest BCUT2D eigenvalue weighted by molar-refractivity contribution is 5.76. The Morgan fingerprint density at radius 2 is 1.81 bits per heavy atom. The lowest BCUT2D eigenvalue weighted by Gasteiger charge is -2.37. The average Bonchev–Trinajstić information content (AvgIpc) is 2.53. The first-order valence-electron chi connectivity index (χ1n) is 8.23. The van der Waals surface area contributed by atoms with Crippen molar-refractivity contribution in [2.75, 3.05) is 33.2 Å². The monoisotopic (exact) mass is 286 g/mol. The standard InChI is InChI=1S/C18H26N2O/c1-19-13-15(7-8-18(19)21)14-20-11-9-17(10-12-20)16-5-3-2-4-6-16/h2-6,15,17H,7-14H2,1H3. The highest BCUT2D eigenvalue weighted by Gasteiger charge is 2.27. The van der Waals surface area contributed by atoms with Gasteiger partial charge >= 0.3 is 0 Å². The zero-order valence-corrected chi connectivity index (χ0v) is 13.0. The Morgan fingerprint density at radius 1 is 1.10 bits per heavy atom. The number of hydrogen-bond donors (Lipinski definition) is 0. The van der Waals surface area contributed by atoms with Crippen molar-refractivity contribution >= 4 is 5.91 Å². The zero-order chi connectivity index (χ0) is 14.7. The molecule has 1 atom stereocenters. The molecule has 2 fully saturated rings. The van der Waals surface area contributed by atoms with Gasteiger partial charge in [0.2, 0.25) is 5.91 Å². The van der Waals surface area contributed by atoms with Crippen molar-refractivity contribution in [3.8, 4) is 0 Å². The zero-order valence-electron chi connectivity index (χ0n) is 13.0. The minimum absolute atomic E-state index is 0.314. The molecule has 1 aromatic carbocycles. The molecule has 0 aromatic heterocycles. The van der Waals surface area contributed by atoms with E-state index < -0.39 is 0 Å². The van der Waals surface area contributed by atoms with Gasteiger partial charge in [0.15, 0.2) is 0 Å². The molecule has 1 unspecified atom stereocenters. The number of carbonyl (C=O) groups excluding carboxylic acids is 1. The first-order chi connectivity index (χ1) is 10.2. The second-order valence-corrected chi connectivity index (χ2v) is 6.66. The summed E-state index contributed by atoms with van der Waals surface area (Å²) >= 11 is 0. The molecule has 0 saturated carbocycles. The summed E-state index contributed by atoms with van der Waals surface area (Å²) in [5, 5.41) is 0. The SMILES string of the molecule is CN1CC(CN2CCC(c3ccccc3)CC2)CCC1=O. The number of carbonyl (C=O) groups is 1. The lowest BCUT2D eigenvalue weighted by atomic mass is 9.88. The maximum atomic E-state index is 11.5.